The van der Waals surface area contributed by atoms with Crippen LogP contribution in [0.2, 0.25) is 0 Å². The number of carbonyl (C=O) groups is 1. The number of nitrogens with one attached hydrogen (secondary N) is 2. The van der Waals surface area contributed by atoms with E-state index in [0.717, 1.165) is 28.1 Å². The third-order valence-corrected chi connectivity index (χ3v) is 5.56. The molecule has 5 nitrogen and oxygen atoms in total. The van der Waals surface area contributed by atoms with Gasteiger partial charge in [0.15, 0.2) is 0 Å². The number of para-hydroxylation sites is 2. The summed E-state index contributed by atoms with van der Waals surface area (Å²) in [6, 6.07) is 21.0. The Kier molecular flexibility index (Phi) is 6.11. The predicted octanol–water partition coefficient (Wildman–Crippen LogP) is 4.79. The summed E-state index contributed by atoms with van der Waals surface area (Å²) in [6.07, 6.45) is 1.71. The van der Waals surface area contributed by atoms with E-state index >= 15 is 0 Å². The van der Waals surface area contributed by atoms with Crippen LogP contribution in [0.3, 0.4) is 0 Å². The van der Waals surface area contributed by atoms with Gasteiger partial charge in [-0.3, -0.25) is 4.79 Å². The summed E-state index contributed by atoms with van der Waals surface area (Å²) in [5.41, 5.74) is 4.20. The molecule has 148 valence electrons. The summed E-state index contributed by atoms with van der Waals surface area (Å²) < 4.78 is 0. The summed E-state index contributed by atoms with van der Waals surface area (Å²) in [5.74, 6) is 7.25. The number of thioether (sulfide) groups is 1. The van der Waals surface area contributed by atoms with Gasteiger partial charge < -0.3 is 10.3 Å². The first kappa shape index (κ1) is 19.7. The van der Waals surface area contributed by atoms with Crippen molar-refractivity contribution >= 4 is 34.4 Å². The van der Waals surface area contributed by atoms with Gasteiger partial charge in [-0.05, 0) is 55.3 Å². The van der Waals surface area contributed by atoms with Crippen molar-refractivity contribution < 1.29 is 4.79 Å². The van der Waals surface area contributed by atoms with Gasteiger partial charge in [0, 0.05) is 17.4 Å². The van der Waals surface area contributed by atoms with Crippen LogP contribution < -0.4 is 5.32 Å². The molecule has 0 aliphatic rings. The van der Waals surface area contributed by atoms with Crippen molar-refractivity contribution in [2.45, 2.75) is 12.2 Å². The van der Waals surface area contributed by atoms with Gasteiger partial charge in [-0.15, -0.1) is 11.8 Å². The molecule has 0 aliphatic carbocycles. The van der Waals surface area contributed by atoms with Crippen LogP contribution in [-0.4, -0.2) is 26.6 Å². The monoisotopic (exact) mass is 412 g/mol. The molecule has 0 radical (unpaired) electrons. The molecule has 0 spiro atoms. The second kappa shape index (κ2) is 9.29. The summed E-state index contributed by atoms with van der Waals surface area (Å²) in [6.45, 7) is 2.05. The number of aromatic amines is 1. The normalized spacial score (nSPS) is 11.5. The summed E-state index contributed by atoms with van der Waals surface area (Å²) >= 11 is 1.54. The highest BCUT2D eigenvalue weighted by Crippen LogP contribution is 2.27. The van der Waals surface area contributed by atoms with Crippen molar-refractivity contribution in [3.63, 3.8) is 0 Å². The van der Waals surface area contributed by atoms with Crippen molar-refractivity contribution in [1.29, 1.82) is 0 Å². The number of aromatic nitrogens is 3. The Labute approximate surface area is 179 Å². The van der Waals surface area contributed by atoms with Crippen LogP contribution in [0.1, 0.15) is 29.3 Å². The molecule has 30 heavy (non-hydrogen) atoms. The number of H-pyrrole nitrogens is 1. The van der Waals surface area contributed by atoms with Crippen molar-refractivity contribution in [3.8, 4) is 11.8 Å². The van der Waals surface area contributed by atoms with Crippen molar-refractivity contribution in [2.75, 3.05) is 11.1 Å². The van der Waals surface area contributed by atoms with Gasteiger partial charge in [0.1, 0.15) is 11.5 Å². The fourth-order valence-corrected chi connectivity index (χ4v) is 3.63. The number of hydrogen-bond donors (Lipinski definition) is 2. The van der Waals surface area contributed by atoms with Crippen LogP contribution >= 0.6 is 11.8 Å². The first-order valence-electron chi connectivity index (χ1n) is 9.56. The lowest BCUT2D eigenvalue weighted by molar-refractivity contribution is -0.113. The topological polar surface area (TPSA) is 70.7 Å². The van der Waals surface area contributed by atoms with E-state index in [2.05, 4.69) is 32.1 Å². The third-order valence-electron chi connectivity index (χ3n) is 4.40. The average molecular weight is 413 g/mol. The maximum atomic E-state index is 12.4. The number of imidazole rings is 1. The molecule has 1 atom stereocenters. The second-order valence-corrected chi connectivity index (χ2v) is 8.02. The van der Waals surface area contributed by atoms with Crippen LogP contribution in [0.15, 0.2) is 72.9 Å². The van der Waals surface area contributed by atoms with E-state index < -0.39 is 0 Å². The SMILES string of the molecule is CC(SCC(=O)Nc1cccc(C#Cc2ccccn2)c1)c1nc2ccccc2[nH]1. The zero-order valence-corrected chi connectivity index (χ0v) is 17.2. The van der Waals surface area contributed by atoms with Gasteiger partial charge in [0.05, 0.1) is 22.0 Å². The average Bonchev–Trinajstić information content (AvgIpc) is 3.21. The van der Waals surface area contributed by atoms with Gasteiger partial charge in [0.25, 0.3) is 0 Å². The molecular weight excluding hydrogens is 392 g/mol. The molecule has 2 aromatic carbocycles. The number of nitrogens with zero attached hydrogens (tertiary/aromatic N) is 2. The molecule has 2 heterocycles. The first-order valence-corrected chi connectivity index (χ1v) is 10.6. The Balaban J connectivity index is 1.34. The molecule has 0 fully saturated rings. The minimum atomic E-state index is -0.0576. The number of fused-ring (bicyclic) bond motifs is 1. The van der Waals surface area contributed by atoms with Crippen LogP contribution in [0, 0.1) is 11.8 Å². The Morgan fingerprint density at radius 1 is 1.10 bits per heavy atom. The molecule has 2 aromatic heterocycles. The van der Waals surface area contributed by atoms with E-state index in [-0.39, 0.29) is 11.2 Å². The number of hydrogen-bond acceptors (Lipinski definition) is 4. The van der Waals surface area contributed by atoms with E-state index in [4.69, 9.17) is 0 Å². The molecule has 1 amide bonds. The Bertz CT molecular complexity index is 1190. The molecule has 6 heteroatoms. The third kappa shape index (κ3) is 5.07. The van der Waals surface area contributed by atoms with E-state index in [9.17, 15) is 4.79 Å². The maximum absolute atomic E-state index is 12.4. The lowest BCUT2D eigenvalue weighted by atomic mass is 10.2. The van der Waals surface area contributed by atoms with Crippen molar-refractivity contribution in [2.24, 2.45) is 0 Å². The van der Waals surface area contributed by atoms with Crippen molar-refractivity contribution in [1.82, 2.24) is 15.0 Å². The van der Waals surface area contributed by atoms with E-state index in [1.807, 2.05) is 73.7 Å². The maximum Gasteiger partial charge on any atom is 0.234 e. The van der Waals surface area contributed by atoms with Gasteiger partial charge in [-0.25, -0.2) is 9.97 Å². The van der Waals surface area contributed by atoms with E-state index in [1.165, 1.54) is 0 Å². The zero-order valence-electron chi connectivity index (χ0n) is 16.4. The molecule has 2 N–H and O–H groups in total. The van der Waals surface area contributed by atoms with Crippen LogP contribution in [-0.2, 0) is 4.79 Å². The number of rotatable bonds is 5. The Hall–Kier alpha value is -3.56. The molecule has 0 aliphatic heterocycles. The fraction of sp³-hybridized carbons (Fsp3) is 0.125. The lowest BCUT2D eigenvalue weighted by Crippen LogP contribution is -2.14. The Morgan fingerprint density at radius 2 is 1.97 bits per heavy atom. The fourth-order valence-electron chi connectivity index (χ4n) is 2.89. The quantitative estimate of drug-likeness (QED) is 0.462. The summed E-state index contributed by atoms with van der Waals surface area (Å²) in [7, 11) is 0. The van der Waals surface area contributed by atoms with E-state index in [1.54, 1.807) is 18.0 Å². The summed E-state index contributed by atoms with van der Waals surface area (Å²) in [5, 5.41) is 3.02. The highest BCUT2D eigenvalue weighted by Gasteiger charge is 2.13. The van der Waals surface area contributed by atoms with Gasteiger partial charge in [0.2, 0.25) is 5.91 Å². The smallest absolute Gasteiger partial charge is 0.234 e. The molecule has 0 bridgehead atoms. The minimum Gasteiger partial charge on any atom is -0.341 e. The van der Waals surface area contributed by atoms with Crippen molar-refractivity contribution in [3.05, 3.63) is 90.0 Å². The van der Waals surface area contributed by atoms with Crippen LogP contribution in [0.4, 0.5) is 5.69 Å². The molecular formula is C24H20N4OS. The van der Waals surface area contributed by atoms with Crippen LogP contribution in [0.25, 0.3) is 11.0 Å². The zero-order chi connectivity index (χ0) is 20.8. The predicted molar refractivity (Wildman–Crippen MR) is 122 cm³/mol. The van der Waals surface area contributed by atoms with Crippen LogP contribution in [0.5, 0.6) is 0 Å². The first-order chi connectivity index (χ1) is 14.7. The molecule has 4 aromatic rings. The van der Waals surface area contributed by atoms with Gasteiger partial charge >= 0.3 is 0 Å². The highest BCUT2D eigenvalue weighted by molar-refractivity contribution is 8.00. The molecule has 1 unspecified atom stereocenters. The van der Waals surface area contributed by atoms with E-state index in [0.29, 0.717) is 11.4 Å². The largest absolute Gasteiger partial charge is 0.341 e. The minimum absolute atomic E-state index is 0.0576. The van der Waals surface area contributed by atoms with Gasteiger partial charge in [-0.2, -0.15) is 0 Å². The number of carbonyl (C=O) groups excluding carboxylic acids is 1. The Morgan fingerprint density at radius 3 is 2.80 bits per heavy atom. The second-order valence-electron chi connectivity index (χ2n) is 6.69. The number of benzene rings is 2. The standard InChI is InChI=1S/C24H20N4OS/c1-17(24-27-21-10-2-3-11-22(21)28-24)30-16-23(29)26-20-9-6-7-18(15-20)12-13-19-8-4-5-14-25-19/h2-11,14-15,17H,16H2,1H3,(H,26,29)(H,27,28). The molecule has 0 saturated heterocycles. The van der Waals surface area contributed by atoms with Gasteiger partial charge in [-0.1, -0.05) is 30.2 Å². The summed E-state index contributed by atoms with van der Waals surface area (Å²) in [4.78, 5) is 24.5. The number of pyridine rings is 1. The lowest BCUT2D eigenvalue weighted by Gasteiger charge is -2.09. The highest BCUT2D eigenvalue weighted by atomic mass is 32.2. The molecule has 4 rings (SSSR count). The number of anilines is 1. The number of amides is 1. The molecule has 0 saturated carbocycles.